The van der Waals surface area contributed by atoms with Crippen LogP contribution in [0.5, 0.6) is 0 Å². The number of hydrogen-bond acceptors (Lipinski definition) is 6. The van der Waals surface area contributed by atoms with Gasteiger partial charge in [-0.3, -0.25) is 14.4 Å². The van der Waals surface area contributed by atoms with Crippen LogP contribution in [-0.4, -0.2) is 37.2 Å². The third kappa shape index (κ3) is 53.4. The SMILES string of the molecule is CC/C=C\C/C=C\C/C=C\C/C=C\C/C=C\CCCC(=O)OC(COC(=O)CCCCCCCCC/C=C\C/C=C\CC)COC(=O)CCCCCCCCCCCCCCCCCCCC. The van der Waals surface area contributed by atoms with Crippen LogP contribution in [0.25, 0.3) is 0 Å². The Balaban J connectivity index is 4.45. The van der Waals surface area contributed by atoms with Crippen LogP contribution in [0.4, 0.5) is 0 Å². The van der Waals surface area contributed by atoms with Gasteiger partial charge in [-0.25, -0.2) is 0 Å². The number of allylic oxidation sites excluding steroid dienone is 14. The van der Waals surface area contributed by atoms with Gasteiger partial charge >= 0.3 is 17.9 Å². The van der Waals surface area contributed by atoms with Gasteiger partial charge < -0.3 is 14.2 Å². The van der Waals surface area contributed by atoms with Crippen LogP contribution in [-0.2, 0) is 28.6 Å². The Bertz CT molecular complexity index is 1300. The van der Waals surface area contributed by atoms with Crippen LogP contribution in [0.15, 0.2) is 85.1 Å². The van der Waals surface area contributed by atoms with Crippen LogP contribution in [0.1, 0.15) is 265 Å². The van der Waals surface area contributed by atoms with Crippen LogP contribution in [0.3, 0.4) is 0 Å². The van der Waals surface area contributed by atoms with Crippen molar-refractivity contribution in [1.29, 1.82) is 0 Å². The zero-order chi connectivity index (χ0) is 48.6. The van der Waals surface area contributed by atoms with E-state index < -0.39 is 6.10 Å². The quantitative estimate of drug-likeness (QED) is 0.0262. The predicted octanol–water partition coefficient (Wildman–Crippen LogP) is 18.8. The van der Waals surface area contributed by atoms with E-state index in [9.17, 15) is 14.4 Å². The molecule has 6 heteroatoms. The molecule has 0 aromatic heterocycles. The maximum atomic E-state index is 12.8. The third-order valence-electron chi connectivity index (χ3n) is 11.9. The van der Waals surface area contributed by atoms with Gasteiger partial charge in [-0.05, 0) is 83.5 Å². The topological polar surface area (TPSA) is 78.9 Å². The second-order valence-corrected chi connectivity index (χ2v) is 18.4. The van der Waals surface area contributed by atoms with Crippen LogP contribution in [0, 0.1) is 0 Å². The van der Waals surface area contributed by atoms with E-state index in [0.717, 1.165) is 96.3 Å². The van der Waals surface area contributed by atoms with E-state index in [-0.39, 0.29) is 37.5 Å². The molecule has 0 aliphatic heterocycles. The molecule has 0 bridgehead atoms. The van der Waals surface area contributed by atoms with Gasteiger partial charge in [0.2, 0.25) is 0 Å². The second-order valence-electron chi connectivity index (χ2n) is 18.4. The van der Waals surface area contributed by atoms with E-state index >= 15 is 0 Å². The molecule has 0 fully saturated rings. The normalized spacial score (nSPS) is 12.7. The van der Waals surface area contributed by atoms with E-state index in [1.165, 1.54) is 122 Å². The minimum absolute atomic E-state index is 0.0998. The van der Waals surface area contributed by atoms with E-state index in [0.29, 0.717) is 19.3 Å². The Morgan fingerprint density at radius 3 is 0.955 bits per heavy atom. The number of esters is 3. The molecular weight excluding hydrogens is 829 g/mol. The van der Waals surface area contributed by atoms with Gasteiger partial charge in [0.05, 0.1) is 0 Å². The molecule has 0 saturated carbocycles. The van der Waals surface area contributed by atoms with Crippen molar-refractivity contribution in [2.45, 2.75) is 271 Å². The Kier molecular flexibility index (Phi) is 52.4. The monoisotopic (exact) mass is 933 g/mol. The summed E-state index contributed by atoms with van der Waals surface area (Å²) in [6.45, 7) is 6.38. The van der Waals surface area contributed by atoms with Gasteiger partial charge in [-0.1, -0.05) is 247 Å². The summed E-state index contributed by atoms with van der Waals surface area (Å²) in [6.07, 6.45) is 71.5. The first-order valence-electron chi connectivity index (χ1n) is 28.1. The molecule has 0 radical (unpaired) electrons. The molecule has 0 amide bonds. The number of rotatable bonds is 50. The molecule has 0 N–H and O–H groups in total. The number of unbranched alkanes of at least 4 members (excludes halogenated alkanes) is 25. The van der Waals surface area contributed by atoms with Crippen molar-refractivity contribution in [1.82, 2.24) is 0 Å². The first-order chi connectivity index (χ1) is 33.0. The number of hydrogen-bond donors (Lipinski definition) is 0. The Morgan fingerprint density at radius 2 is 0.597 bits per heavy atom. The summed E-state index contributed by atoms with van der Waals surface area (Å²) in [7, 11) is 0. The molecule has 1 unspecified atom stereocenters. The summed E-state index contributed by atoms with van der Waals surface area (Å²) in [5.74, 6) is -0.961. The van der Waals surface area contributed by atoms with E-state index in [1.807, 2.05) is 0 Å². The lowest BCUT2D eigenvalue weighted by atomic mass is 10.0. The highest BCUT2D eigenvalue weighted by molar-refractivity contribution is 5.71. The van der Waals surface area contributed by atoms with E-state index in [4.69, 9.17) is 14.2 Å². The standard InChI is InChI=1S/C61H104O6/c1-4-7-10-13-16-19-22-25-28-30-32-33-36-39-42-45-48-51-54-60(63)66-57-58(56-65-59(62)53-50-47-44-41-38-35-27-24-21-18-15-12-9-6-3)67-61(64)55-52-49-46-43-40-37-34-31-29-26-23-20-17-14-11-8-5-2/h8-9,11-12,17-18,20-21,26,29,34,37,43,46,58H,4-7,10,13-16,19,22-25,27-28,30-33,35-36,38-42,44-45,47-57H2,1-3H3/b11-8-,12-9-,20-17-,21-18-,29-26-,37-34-,46-43-. The predicted molar refractivity (Wildman–Crippen MR) is 288 cm³/mol. The largest absolute Gasteiger partial charge is 0.462 e. The fraction of sp³-hybridized carbons (Fsp3) is 0.721. The first-order valence-corrected chi connectivity index (χ1v) is 28.1. The Morgan fingerprint density at radius 1 is 0.313 bits per heavy atom. The van der Waals surface area contributed by atoms with Crippen molar-refractivity contribution >= 4 is 17.9 Å². The van der Waals surface area contributed by atoms with Gasteiger partial charge in [0.15, 0.2) is 6.10 Å². The van der Waals surface area contributed by atoms with Crippen molar-refractivity contribution in [3.05, 3.63) is 85.1 Å². The van der Waals surface area contributed by atoms with Crippen LogP contribution in [0.2, 0.25) is 0 Å². The van der Waals surface area contributed by atoms with E-state index in [1.54, 1.807) is 0 Å². The van der Waals surface area contributed by atoms with Gasteiger partial charge in [-0.15, -0.1) is 0 Å². The molecule has 67 heavy (non-hydrogen) atoms. The second kappa shape index (κ2) is 55.2. The Hall–Kier alpha value is -3.41. The van der Waals surface area contributed by atoms with Crippen molar-refractivity contribution < 1.29 is 28.6 Å². The summed E-state index contributed by atoms with van der Waals surface area (Å²) < 4.78 is 16.8. The summed E-state index contributed by atoms with van der Waals surface area (Å²) in [6, 6.07) is 0. The molecule has 0 aromatic rings. The molecule has 6 nitrogen and oxygen atoms in total. The summed E-state index contributed by atoms with van der Waals surface area (Å²) >= 11 is 0. The van der Waals surface area contributed by atoms with Crippen molar-refractivity contribution in [2.24, 2.45) is 0 Å². The van der Waals surface area contributed by atoms with Gasteiger partial charge in [0.25, 0.3) is 0 Å². The zero-order valence-electron chi connectivity index (χ0n) is 43.9. The van der Waals surface area contributed by atoms with Gasteiger partial charge in [0.1, 0.15) is 13.2 Å². The lowest BCUT2D eigenvalue weighted by molar-refractivity contribution is -0.167. The maximum absolute atomic E-state index is 12.8. The summed E-state index contributed by atoms with van der Waals surface area (Å²) in [4.78, 5) is 38.1. The lowest BCUT2D eigenvalue weighted by Crippen LogP contribution is -2.30. The van der Waals surface area contributed by atoms with Crippen molar-refractivity contribution in [3.8, 4) is 0 Å². The van der Waals surface area contributed by atoms with Crippen LogP contribution < -0.4 is 0 Å². The third-order valence-corrected chi connectivity index (χ3v) is 11.9. The fourth-order valence-electron chi connectivity index (χ4n) is 7.75. The molecule has 1 atom stereocenters. The number of carbonyl (C=O) groups is 3. The molecule has 0 aliphatic carbocycles. The highest BCUT2D eigenvalue weighted by atomic mass is 16.6. The molecule has 0 heterocycles. The Labute approximate surface area is 414 Å². The molecular formula is C61H104O6. The minimum Gasteiger partial charge on any atom is -0.462 e. The average molecular weight is 933 g/mol. The fourth-order valence-corrected chi connectivity index (χ4v) is 7.75. The van der Waals surface area contributed by atoms with Crippen molar-refractivity contribution in [2.75, 3.05) is 13.2 Å². The number of carbonyl (C=O) groups excluding carboxylic acids is 3. The molecule has 0 aromatic carbocycles. The van der Waals surface area contributed by atoms with Gasteiger partial charge in [-0.2, -0.15) is 0 Å². The molecule has 0 spiro atoms. The summed E-state index contributed by atoms with van der Waals surface area (Å²) in [5, 5.41) is 0. The average Bonchev–Trinajstić information content (AvgIpc) is 3.33. The van der Waals surface area contributed by atoms with Gasteiger partial charge in [0, 0.05) is 19.3 Å². The smallest absolute Gasteiger partial charge is 0.306 e. The first kappa shape index (κ1) is 63.6. The summed E-state index contributed by atoms with van der Waals surface area (Å²) in [5.41, 5.74) is 0. The maximum Gasteiger partial charge on any atom is 0.306 e. The molecule has 384 valence electrons. The zero-order valence-corrected chi connectivity index (χ0v) is 43.9. The van der Waals surface area contributed by atoms with Crippen LogP contribution >= 0.6 is 0 Å². The highest BCUT2D eigenvalue weighted by Gasteiger charge is 2.19. The highest BCUT2D eigenvalue weighted by Crippen LogP contribution is 2.16. The molecule has 0 rings (SSSR count). The molecule has 0 aliphatic rings. The number of ether oxygens (including phenoxy) is 3. The minimum atomic E-state index is -0.808. The lowest BCUT2D eigenvalue weighted by Gasteiger charge is -2.18. The van der Waals surface area contributed by atoms with E-state index in [2.05, 4.69) is 106 Å². The van der Waals surface area contributed by atoms with Crippen molar-refractivity contribution in [3.63, 3.8) is 0 Å². The molecule has 0 saturated heterocycles.